The molecular formula is C10H10N2OS. The van der Waals surface area contributed by atoms with E-state index in [4.69, 9.17) is 0 Å². The van der Waals surface area contributed by atoms with Gasteiger partial charge in [-0.1, -0.05) is 35.1 Å². The summed E-state index contributed by atoms with van der Waals surface area (Å²) in [6.45, 7) is 2.02. The molecule has 1 aromatic heterocycles. The summed E-state index contributed by atoms with van der Waals surface area (Å²) < 4.78 is 1.36. The van der Waals surface area contributed by atoms with Crippen molar-refractivity contribution in [2.75, 3.05) is 0 Å². The van der Waals surface area contributed by atoms with Crippen molar-refractivity contribution in [3.8, 4) is 10.6 Å². The van der Waals surface area contributed by atoms with Gasteiger partial charge in [0.25, 0.3) is 0 Å². The zero-order valence-corrected chi connectivity index (χ0v) is 8.84. The number of aryl methyl sites for hydroxylation is 2. The molecule has 3 nitrogen and oxygen atoms in total. The molecule has 0 N–H and O–H groups in total. The average Bonchev–Trinajstić information content (AvgIpc) is 2.47. The monoisotopic (exact) mass is 206 g/mol. The summed E-state index contributed by atoms with van der Waals surface area (Å²) in [7, 11) is 1.66. The summed E-state index contributed by atoms with van der Waals surface area (Å²) in [4.78, 5) is 11.2. The zero-order chi connectivity index (χ0) is 10.1. The van der Waals surface area contributed by atoms with Crippen LogP contribution in [0.4, 0.5) is 0 Å². The van der Waals surface area contributed by atoms with E-state index in [1.54, 1.807) is 7.05 Å². The second-order valence-electron chi connectivity index (χ2n) is 3.17. The second-order valence-corrected chi connectivity index (χ2v) is 4.11. The lowest BCUT2D eigenvalue weighted by Crippen LogP contribution is -2.08. The Morgan fingerprint density at radius 1 is 1.43 bits per heavy atom. The van der Waals surface area contributed by atoms with Crippen LogP contribution in [-0.4, -0.2) is 9.78 Å². The Morgan fingerprint density at radius 3 is 2.79 bits per heavy atom. The van der Waals surface area contributed by atoms with Gasteiger partial charge < -0.3 is 0 Å². The van der Waals surface area contributed by atoms with Gasteiger partial charge in [-0.3, -0.25) is 4.79 Å². The Morgan fingerprint density at radius 2 is 2.21 bits per heavy atom. The number of rotatable bonds is 1. The van der Waals surface area contributed by atoms with Gasteiger partial charge in [0.1, 0.15) is 5.01 Å². The zero-order valence-electron chi connectivity index (χ0n) is 8.02. The van der Waals surface area contributed by atoms with Crippen LogP contribution in [0.5, 0.6) is 0 Å². The van der Waals surface area contributed by atoms with Gasteiger partial charge in [0.05, 0.1) is 0 Å². The quantitative estimate of drug-likeness (QED) is 0.713. The summed E-state index contributed by atoms with van der Waals surface area (Å²) in [5.41, 5.74) is 2.18. The van der Waals surface area contributed by atoms with Crippen molar-refractivity contribution in [3.05, 3.63) is 39.5 Å². The third kappa shape index (κ3) is 1.61. The molecule has 14 heavy (non-hydrogen) atoms. The van der Waals surface area contributed by atoms with Crippen molar-refractivity contribution >= 4 is 11.3 Å². The Bertz CT molecular complexity index is 513. The smallest absolute Gasteiger partial charge is 0.255 e. The Hall–Kier alpha value is -1.42. The van der Waals surface area contributed by atoms with Gasteiger partial charge >= 0.3 is 4.87 Å². The molecule has 0 amide bonds. The van der Waals surface area contributed by atoms with E-state index in [1.165, 1.54) is 21.6 Å². The van der Waals surface area contributed by atoms with Crippen LogP contribution in [0.15, 0.2) is 29.1 Å². The van der Waals surface area contributed by atoms with Gasteiger partial charge in [-0.15, -0.1) is 0 Å². The molecule has 4 heteroatoms. The fraction of sp³-hybridized carbons (Fsp3) is 0.200. The lowest BCUT2D eigenvalue weighted by molar-refractivity contribution is 0.746. The van der Waals surface area contributed by atoms with Gasteiger partial charge in [-0.2, -0.15) is 5.10 Å². The number of hydrogen-bond donors (Lipinski definition) is 0. The lowest BCUT2D eigenvalue weighted by Gasteiger charge is -1.96. The normalized spacial score (nSPS) is 10.4. The molecule has 0 aliphatic rings. The second kappa shape index (κ2) is 3.38. The van der Waals surface area contributed by atoms with Gasteiger partial charge in [0.15, 0.2) is 0 Å². The Balaban J connectivity index is 2.54. The van der Waals surface area contributed by atoms with Crippen LogP contribution in [-0.2, 0) is 7.05 Å². The summed E-state index contributed by atoms with van der Waals surface area (Å²) in [5, 5.41) is 4.92. The van der Waals surface area contributed by atoms with E-state index in [0.29, 0.717) is 0 Å². The van der Waals surface area contributed by atoms with Crippen LogP contribution in [0.3, 0.4) is 0 Å². The fourth-order valence-corrected chi connectivity index (χ4v) is 1.99. The molecule has 0 radical (unpaired) electrons. The first-order valence-corrected chi connectivity index (χ1v) is 5.09. The maximum absolute atomic E-state index is 11.2. The molecule has 0 fully saturated rings. The standard InChI is InChI=1S/C10H10N2OS/c1-7-4-3-5-8(6-7)9-11-12(2)10(13)14-9/h3-6H,1-2H3. The van der Waals surface area contributed by atoms with Crippen molar-refractivity contribution in [3.63, 3.8) is 0 Å². The van der Waals surface area contributed by atoms with E-state index in [9.17, 15) is 4.79 Å². The SMILES string of the molecule is Cc1cccc(-c2nn(C)c(=O)s2)c1. The highest BCUT2D eigenvalue weighted by molar-refractivity contribution is 7.12. The number of benzene rings is 1. The third-order valence-corrected chi connectivity index (χ3v) is 2.90. The predicted molar refractivity (Wildman–Crippen MR) is 57.5 cm³/mol. The molecule has 0 unspecified atom stereocenters. The molecule has 0 saturated heterocycles. The maximum Gasteiger partial charge on any atom is 0.325 e. The number of nitrogens with zero attached hydrogens (tertiary/aromatic N) is 2. The van der Waals surface area contributed by atoms with E-state index in [2.05, 4.69) is 5.10 Å². The van der Waals surface area contributed by atoms with E-state index >= 15 is 0 Å². The van der Waals surface area contributed by atoms with Gasteiger partial charge in [-0.25, -0.2) is 4.68 Å². The average molecular weight is 206 g/mol. The molecule has 0 spiro atoms. The number of hydrogen-bond acceptors (Lipinski definition) is 3. The van der Waals surface area contributed by atoms with Gasteiger partial charge in [0, 0.05) is 12.6 Å². The van der Waals surface area contributed by atoms with E-state index in [1.807, 2.05) is 31.2 Å². The van der Waals surface area contributed by atoms with E-state index in [-0.39, 0.29) is 4.87 Å². The molecule has 0 bridgehead atoms. The van der Waals surface area contributed by atoms with E-state index < -0.39 is 0 Å². The maximum atomic E-state index is 11.2. The largest absolute Gasteiger partial charge is 0.325 e. The first kappa shape index (κ1) is 9.15. The summed E-state index contributed by atoms with van der Waals surface area (Å²) in [5.74, 6) is 0. The Labute approximate surface area is 85.6 Å². The molecule has 2 aromatic rings. The van der Waals surface area contributed by atoms with E-state index in [0.717, 1.165) is 10.6 Å². The minimum absolute atomic E-state index is 0.0264. The first-order chi connectivity index (χ1) is 6.66. The summed E-state index contributed by atoms with van der Waals surface area (Å²) >= 11 is 1.17. The predicted octanol–water partition coefficient (Wildman–Crippen LogP) is 1.82. The highest BCUT2D eigenvalue weighted by Crippen LogP contribution is 2.19. The topological polar surface area (TPSA) is 34.9 Å². The van der Waals surface area contributed by atoms with Crippen LogP contribution in [0, 0.1) is 6.92 Å². The molecule has 0 atom stereocenters. The van der Waals surface area contributed by atoms with Crippen molar-refractivity contribution in [1.82, 2.24) is 9.78 Å². The highest BCUT2D eigenvalue weighted by atomic mass is 32.1. The highest BCUT2D eigenvalue weighted by Gasteiger charge is 2.05. The molecule has 1 aromatic carbocycles. The van der Waals surface area contributed by atoms with Crippen LogP contribution in [0.1, 0.15) is 5.56 Å². The molecule has 0 saturated carbocycles. The van der Waals surface area contributed by atoms with Crippen LogP contribution in [0.2, 0.25) is 0 Å². The fourth-order valence-electron chi connectivity index (χ4n) is 1.24. The molecule has 1 heterocycles. The first-order valence-electron chi connectivity index (χ1n) is 4.28. The van der Waals surface area contributed by atoms with Gasteiger partial charge in [0.2, 0.25) is 0 Å². The molecular weight excluding hydrogens is 196 g/mol. The van der Waals surface area contributed by atoms with Crippen molar-refractivity contribution in [1.29, 1.82) is 0 Å². The molecule has 72 valence electrons. The van der Waals surface area contributed by atoms with Crippen LogP contribution < -0.4 is 4.87 Å². The molecule has 0 aliphatic heterocycles. The minimum Gasteiger partial charge on any atom is -0.255 e. The lowest BCUT2D eigenvalue weighted by atomic mass is 10.1. The minimum atomic E-state index is -0.0264. The Kier molecular flexibility index (Phi) is 2.21. The van der Waals surface area contributed by atoms with Crippen molar-refractivity contribution in [2.45, 2.75) is 6.92 Å². The van der Waals surface area contributed by atoms with Crippen molar-refractivity contribution in [2.24, 2.45) is 7.05 Å². The van der Waals surface area contributed by atoms with Crippen LogP contribution in [0.25, 0.3) is 10.6 Å². The van der Waals surface area contributed by atoms with Gasteiger partial charge in [-0.05, 0) is 13.0 Å². The molecule has 2 rings (SSSR count). The number of aromatic nitrogens is 2. The van der Waals surface area contributed by atoms with Crippen molar-refractivity contribution < 1.29 is 0 Å². The molecule has 0 aliphatic carbocycles. The summed E-state index contributed by atoms with van der Waals surface area (Å²) in [6.07, 6.45) is 0. The third-order valence-electron chi connectivity index (χ3n) is 1.95. The van der Waals surface area contributed by atoms with Crippen LogP contribution >= 0.6 is 11.3 Å². The summed E-state index contributed by atoms with van der Waals surface area (Å²) in [6, 6.07) is 7.98.